The first-order chi connectivity index (χ1) is 13.2. The van der Waals surface area contributed by atoms with Gasteiger partial charge in [0.05, 0.1) is 18.5 Å². The van der Waals surface area contributed by atoms with E-state index in [0.29, 0.717) is 11.5 Å². The first-order valence-corrected chi connectivity index (χ1v) is 9.08. The molecule has 0 aliphatic heterocycles. The molecule has 6 heteroatoms. The Bertz CT molecular complexity index is 915. The molecule has 1 fully saturated rings. The van der Waals surface area contributed by atoms with Crippen LogP contribution in [0.1, 0.15) is 18.5 Å². The number of nitrogens with one attached hydrogen (secondary N) is 2. The van der Waals surface area contributed by atoms with Crippen molar-refractivity contribution >= 4 is 17.5 Å². The van der Waals surface area contributed by atoms with E-state index in [1.54, 1.807) is 36.1 Å². The average molecular weight is 362 g/mol. The largest absolute Gasteiger partial charge is 0.497 e. The van der Waals surface area contributed by atoms with Crippen molar-refractivity contribution in [3.8, 4) is 11.4 Å². The maximum absolute atomic E-state index is 12.5. The lowest BCUT2D eigenvalue weighted by atomic mass is 10.2. The Kier molecular flexibility index (Phi) is 4.78. The summed E-state index contributed by atoms with van der Waals surface area (Å²) in [4.78, 5) is 12.5. The molecule has 6 nitrogen and oxygen atoms in total. The van der Waals surface area contributed by atoms with Crippen molar-refractivity contribution in [1.29, 1.82) is 0 Å². The standard InChI is InChI=1S/C21H22N4O2/c1-27-19-11-9-16(10-12-19)22-21(26)23-20-14-17(13-15-7-8-15)24-25(20)18-5-3-2-4-6-18/h2-6,9-12,14-15H,7-8,13H2,1H3,(H2,22,23,26). The normalized spacial score (nSPS) is 13.2. The Morgan fingerprint density at radius 2 is 1.85 bits per heavy atom. The SMILES string of the molecule is COc1ccc(NC(=O)Nc2cc(CC3CC3)nn2-c2ccccc2)cc1. The number of rotatable bonds is 6. The van der Waals surface area contributed by atoms with Crippen molar-refractivity contribution in [2.45, 2.75) is 19.3 Å². The Morgan fingerprint density at radius 3 is 2.52 bits per heavy atom. The fourth-order valence-corrected chi connectivity index (χ4v) is 2.96. The van der Waals surface area contributed by atoms with Crippen LogP contribution in [0, 0.1) is 5.92 Å². The summed E-state index contributed by atoms with van der Waals surface area (Å²) in [5, 5.41) is 10.5. The number of benzene rings is 2. The second kappa shape index (κ2) is 7.53. The number of amides is 2. The summed E-state index contributed by atoms with van der Waals surface area (Å²) in [6.45, 7) is 0. The topological polar surface area (TPSA) is 68.2 Å². The van der Waals surface area contributed by atoms with Crippen LogP contribution in [-0.4, -0.2) is 22.9 Å². The van der Waals surface area contributed by atoms with Crippen molar-refractivity contribution in [1.82, 2.24) is 9.78 Å². The maximum Gasteiger partial charge on any atom is 0.324 e. The molecule has 1 saturated carbocycles. The molecule has 0 atom stereocenters. The summed E-state index contributed by atoms with van der Waals surface area (Å²) >= 11 is 0. The molecule has 3 aromatic rings. The van der Waals surface area contributed by atoms with Gasteiger partial charge < -0.3 is 10.1 Å². The molecule has 2 amide bonds. The smallest absolute Gasteiger partial charge is 0.324 e. The molecular formula is C21H22N4O2. The van der Waals surface area contributed by atoms with Crippen LogP contribution < -0.4 is 15.4 Å². The maximum atomic E-state index is 12.5. The average Bonchev–Trinajstić information content (AvgIpc) is 3.42. The Balaban J connectivity index is 1.52. The van der Waals surface area contributed by atoms with E-state index in [0.717, 1.165) is 29.5 Å². The van der Waals surface area contributed by atoms with Crippen LogP contribution in [0.5, 0.6) is 5.75 Å². The van der Waals surface area contributed by atoms with Crippen LogP contribution in [0.15, 0.2) is 60.7 Å². The number of carbonyl (C=O) groups is 1. The summed E-state index contributed by atoms with van der Waals surface area (Å²) in [5.41, 5.74) is 2.61. The molecule has 138 valence electrons. The number of hydrogen-bond acceptors (Lipinski definition) is 3. The number of hydrogen-bond donors (Lipinski definition) is 2. The zero-order valence-corrected chi connectivity index (χ0v) is 15.2. The predicted octanol–water partition coefficient (Wildman–Crippen LogP) is 4.48. The Labute approximate surface area is 158 Å². The summed E-state index contributed by atoms with van der Waals surface area (Å²) in [7, 11) is 1.61. The van der Waals surface area contributed by atoms with E-state index in [-0.39, 0.29) is 6.03 Å². The molecule has 4 rings (SSSR count). The molecule has 1 heterocycles. The van der Waals surface area contributed by atoms with Crippen LogP contribution >= 0.6 is 0 Å². The van der Waals surface area contributed by atoms with Gasteiger partial charge in [-0.15, -0.1) is 0 Å². The molecule has 1 aliphatic carbocycles. The quantitative estimate of drug-likeness (QED) is 0.679. The number of carbonyl (C=O) groups excluding carboxylic acids is 1. The number of methoxy groups -OCH3 is 1. The number of aromatic nitrogens is 2. The van der Waals surface area contributed by atoms with Crippen molar-refractivity contribution < 1.29 is 9.53 Å². The van der Waals surface area contributed by atoms with E-state index in [4.69, 9.17) is 9.84 Å². The van der Waals surface area contributed by atoms with Crippen molar-refractivity contribution in [2.24, 2.45) is 5.92 Å². The molecule has 0 unspecified atom stereocenters. The van der Waals surface area contributed by atoms with Gasteiger partial charge in [0.15, 0.2) is 0 Å². The second-order valence-electron chi connectivity index (χ2n) is 6.72. The van der Waals surface area contributed by atoms with Gasteiger partial charge in [0.25, 0.3) is 0 Å². The van der Waals surface area contributed by atoms with E-state index in [9.17, 15) is 4.79 Å². The van der Waals surface area contributed by atoms with Gasteiger partial charge in [0, 0.05) is 11.8 Å². The molecule has 2 aromatic carbocycles. The monoisotopic (exact) mass is 362 g/mol. The zero-order chi connectivity index (χ0) is 18.6. The van der Waals surface area contributed by atoms with Crippen LogP contribution in [0.25, 0.3) is 5.69 Å². The lowest BCUT2D eigenvalue weighted by molar-refractivity contribution is 0.262. The summed E-state index contributed by atoms with van der Waals surface area (Å²) < 4.78 is 6.92. The number of urea groups is 1. The first kappa shape index (κ1) is 17.1. The molecule has 0 bridgehead atoms. The highest BCUT2D eigenvalue weighted by Crippen LogP contribution is 2.33. The molecule has 0 saturated heterocycles. The number of para-hydroxylation sites is 1. The van der Waals surface area contributed by atoms with Crippen LogP contribution in [0.4, 0.5) is 16.3 Å². The predicted molar refractivity (Wildman–Crippen MR) is 106 cm³/mol. The van der Waals surface area contributed by atoms with Gasteiger partial charge in [-0.2, -0.15) is 5.10 Å². The third-order valence-electron chi connectivity index (χ3n) is 4.54. The Morgan fingerprint density at radius 1 is 1.11 bits per heavy atom. The molecule has 1 aromatic heterocycles. The van der Waals surface area contributed by atoms with Crippen molar-refractivity contribution in [3.05, 3.63) is 66.4 Å². The minimum atomic E-state index is -0.310. The van der Waals surface area contributed by atoms with Gasteiger partial charge in [-0.25, -0.2) is 9.48 Å². The van der Waals surface area contributed by atoms with Gasteiger partial charge in [0.2, 0.25) is 0 Å². The van der Waals surface area contributed by atoms with Gasteiger partial charge in [0.1, 0.15) is 11.6 Å². The second-order valence-corrected chi connectivity index (χ2v) is 6.72. The zero-order valence-electron chi connectivity index (χ0n) is 15.2. The highest BCUT2D eigenvalue weighted by atomic mass is 16.5. The van der Waals surface area contributed by atoms with E-state index < -0.39 is 0 Å². The van der Waals surface area contributed by atoms with Gasteiger partial charge >= 0.3 is 6.03 Å². The van der Waals surface area contributed by atoms with E-state index in [2.05, 4.69) is 10.6 Å². The van der Waals surface area contributed by atoms with Gasteiger partial charge in [-0.05, 0) is 61.6 Å². The van der Waals surface area contributed by atoms with Crippen LogP contribution in [-0.2, 0) is 6.42 Å². The molecule has 0 radical (unpaired) electrons. The number of anilines is 2. The summed E-state index contributed by atoms with van der Waals surface area (Å²) in [6, 6.07) is 18.7. The van der Waals surface area contributed by atoms with Crippen molar-refractivity contribution in [3.63, 3.8) is 0 Å². The minimum Gasteiger partial charge on any atom is -0.497 e. The molecule has 2 N–H and O–H groups in total. The number of ether oxygens (including phenoxy) is 1. The van der Waals surface area contributed by atoms with Gasteiger partial charge in [-0.3, -0.25) is 5.32 Å². The van der Waals surface area contributed by atoms with E-state index >= 15 is 0 Å². The van der Waals surface area contributed by atoms with Crippen molar-refractivity contribution in [2.75, 3.05) is 17.7 Å². The van der Waals surface area contributed by atoms with Gasteiger partial charge in [-0.1, -0.05) is 18.2 Å². The van der Waals surface area contributed by atoms with E-state index in [1.807, 2.05) is 36.4 Å². The highest BCUT2D eigenvalue weighted by molar-refractivity contribution is 5.99. The highest BCUT2D eigenvalue weighted by Gasteiger charge is 2.24. The van der Waals surface area contributed by atoms with E-state index in [1.165, 1.54) is 12.8 Å². The lowest BCUT2D eigenvalue weighted by Crippen LogP contribution is -2.21. The molecule has 27 heavy (non-hydrogen) atoms. The fraction of sp³-hybridized carbons (Fsp3) is 0.238. The van der Waals surface area contributed by atoms with Crippen LogP contribution in [0.3, 0.4) is 0 Å². The minimum absolute atomic E-state index is 0.310. The third-order valence-corrected chi connectivity index (χ3v) is 4.54. The molecule has 1 aliphatic rings. The summed E-state index contributed by atoms with van der Waals surface area (Å²) in [5.74, 6) is 2.13. The Hall–Kier alpha value is -3.28. The molecular weight excluding hydrogens is 340 g/mol. The fourth-order valence-electron chi connectivity index (χ4n) is 2.96. The number of nitrogens with zero attached hydrogens (tertiary/aromatic N) is 2. The van der Waals surface area contributed by atoms with Crippen LogP contribution in [0.2, 0.25) is 0 Å². The third kappa shape index (κ3) is 4.28. The lowest BCUT2D eigenvalue weighted by Gasteiger charge is -2.10. The first-order valence-electron chi connectivity index (χ1n) is 9.08. The molecule has 0 spiro atoms. The summed E-state index contributed by atoms with van der Waals surface area (Å²) in [6.07, 6.45) is 3.48.